The van der Waals surface area contributed by atoms with Gasteiger partial charge < -0.3 is 4.74 Å². The number of benzene rings is 2. The molecule has 0 fully saturated rings. The lowest BCUT2D eigenvalue weighted by atomic mass is 10.1. The average molecular weight is 310 g/mol. The summed E-state index contributed by atoms with van der Waals surface area (Å²) in [6, 6.07) is 7.55. The summed E-state index contributed by atoms with van der Waals surface area (Å²) in [5.41, 5.74) is -0.363. The minimum absolute atomic E-state index is 0.0642. The Morgan fingerprint density at radius 3 is 2.43 bits per heavy atom. The Hall–Kier alpha value is -2.47. The van der Waals surface area contributed by atoms with E-state index < -0.39 is 16.5 Å². The highest BCUT2D eigenvalue weighted by Gasteiger charge is 2.18. The first-order chi connectivity index (χ1) is 9.88. The van der Waals surface area contributed by atoms with Crippen molar-refractivity contribution in [3.05, 3.63) is 62.9 Å². The van der Waals surface area contributed by atoms with Crippen LogP contribution in [0.15, 0.2) is 36.4 Å². The summed E-state index contributed by atoms with van der Waals surface area (Å²) in [5, 5.41) is 10.7. The predicted octanol–water partition coefficient (Wildman–Crippen LogP) is 4.38. The van der Waals surface area contributed by atoms with Gasteiger partial charge in [-0.3, -0.25) is 14.9 Å². The van der Waals surface area contributed by atoms with Crippen molar-refractivity contribution >= 4 is 23.1 Å². The topological polar surface area (TPSA) is 69.4 Å². The fraction of sp³-hybridized carbons (Fsp3) is 0.0714. The molecule has 2 aromatic rings. The SMILES string of the molecule is CC(=O)c1cc(Oc2ccc(F)c(Cl)c2)ccc1[N+](=O)[O-]. The number of ether oxygens (including phenoxy) is 1. The Balaban J connectivity index is 2.36. The van der Waals surface area contributed by atoms with Crippen LogP contribution in [-0.4, -0.2) is 10.7 Å². The zero-order valence-electron chi connectivity index (χ0n) is 10.8. The number of carbonyl (C=O) groups is 1. The van der Waals surface area contributed by atoms with E-state index in [-0.39, 0.29) is 27.8 Å². The van der Waals surface area contributed by atoms with Crippen LogP contribution in [0, 0.1) is 15.9 Å². The van der Waals surface area contributed by atoms with Crippen molar-refractivity contribution in [2.75, 3.05) is 0 Å². The highest BCUT2D eigenvalue weighted by Crippen LogP contribution is 2.29. The van der Waals surface area contributed by atoms with Crippen molar-refractivity contribution in [2.24, 2.45) is 0 Å². The lowest BCUT2D eigenvalue weighted by molar-refractivity contribution is -0.385. The lowest BCUT2D eigenvalue weighted by Crippen LogP contribution is -2.00. The van der Waals surface area contributed by atoms with Crippen LogP contribution in [0.1, 0.15) is 17.3 Å². The molecule has 0 aliphatic heterocycles. The molecule has 0 radical (unpaired) electrons. The zero-order chi connectivity index (χ0) is 15.6. The average Bonchev–Trinajstić information content (AvgIpc) is 2.42. The molecule has 0 saturated heterocycles. The molecule has 21 heavy (non-hydrogen) atoms. The van der Waals surface area contributed by atoms with Gasteiger partial charge in [-0.2, -0.15) is 0 Å². The molecule has 108 valence electrons. The number of hydrogen-bond acceptors (Lipinski definition) is 4. The third-order valence-electron chi connectivity index (χ3n) is 2.67. The third kappa shape index (κ3) is 3.35. The highest BCUT2D eigenvalue weighted by molar-refractivity contribution is 6.30. The van der Waals surface area contributed by atoms with E-state index in [1.165, 1.54) is 37.3 Å². The first-order valence-corrected chi connectivity index (χ1v) is 6.18. The molecule has 0 atom stereocenters. The van der Waals surface area contributed by atoms with E-state index in [1.807, 2.05) is 0 Å². The maximum atomic E-state index is 13.0. The molecule has 0 unspecified atom stereocenters. The number of Topliss-reactive ketones (excluding diaryl/α,β-unsaturated/α-hetero) is 1. The molecule has 5 nitrogen and oxygen atoms in total. The van der Waals surface area contributed by atoms with Gasteiger partial charge in [-0.05, 0) is 31.2 Å². The van der Waals surface area contributed by atoms with Gasteiger partial charge in [0.05, 0.1) is 15.5 Å². The molecule has 0 amide bonds. The van der Waals surface area contributed by atoms with E-state index in [0.717, 1.165) is 6.07 Å². The Bertz CT molecular complexity index is 733. The molecule has 0 saturated carbocycles. The molecule has 7 heteroatoms. The van der Waals surface area contributed by atoms with Gasteiger partial charge in [0.2, 0.25) is 0 Å². The van der Waals surface area contributed by atoms with Gasteiger partial charge in [-0.15, -0.1) is 0 Å². The number of nitro benzene ring substituents is 1. The van der Waals surface area contributed by atoms with Crippen molar-refractivity contribution in [3.63, 3.8) is 0 Å². The van der Waals surface area contributed by atoms with E-state index in [9.17, 15) is 19.3 Å². The molecule has 0 bridgehead atoms. The van der Waals surface area contributed by atoms with Crippen LogP contribution >= 0.6 is 11.6 Å². The second kappa shape index (κ2) is 5.88. The maximum Gasteiger partial charge on any atom is 0.280 e. The molecule has 0 heterocycles. The van der Waals surface area contributed by atoms with Crippen molar-refractivity contribution in [1.29, 1.82) is 0 Å². The van der Waals surface area contributed by atoms with Gasteiger partial charge in [0, 0.05) is 12.1 Å². The molecule has 0 spiro atoms. The number of nitro groups is 1. The Morgan fingerprint density at radius 1 is 1.24 bits per heavy atom. The van der Waals surface area contributed by atoms with E-state index in [4.69, 9.17) is 16.3 Å². The fourth-order valence-electron chi connectivity index (χ4n) is 1.70. The summed E-state index contributed by atoms with van der Waals surface area (Å²) >= 11 is 5.63. The van der Waals surface area contributed by atoms with Gasteiger partial charge in [-0.1, -0.05) is 11.6 Å². The number of ketones is 1. The first kappa shape index (κ1) is 14.9. The summed E-state index contributed by atoms with van der Waals surface area (Å²) in [4.78, 5) is 21.6. The summed E-state index contributed by atoms with van der Waals surface area (Å²) < 4.78 is 18.5. The van der Waals surface area contributed by atoms with Crippen LogP contribution in [-0.2, 0) is 0 Å². The Labute approximate surface area is 124 Å². The number of halogens is 2. The molecular formula is C14H9ClFNO4. The van der Waals surface area contributed by atoms with Gasteiger partial charge in [-0.25, -0.2) is 4.39 Å². The number of nitrogens with zero attached hydrogens (tertiary/aromatic N) is 1. The molecular weight excluding hydrogens is 301 g/mol. The summed E-state index contributed by atoms with van der Waals surface area (Å²) in [7, 11) is 0. The van der Waals surface area contributed by atoms with E-state index in [0.29, 0.717) is 0 Å². The van der Waals surface area contributed by atoms with Crippen LogP contribution < -0.4 is 4.74 Å². The third-order valence-corrected chi connectivity index (χ3v) is 2.96. The molecule has 0 N–H and O–H groups in total. The summed E-state index contributed by atoms with van der Waals surface area (Å²) in [6.07, 6.45) is 0. The lowest BCUT2D eigenvalue weighted by Gasteiger charge is -2.07. The summed E-state index contributed by atoms with van der Waals surface area (Å²) in [6.45, 7) is 1.22. The second-order valence-electron chi connectivity index (χ2n) is 4.17. The van der Waals surface area contributed by atoms with Crippen molar-refractivity contribution < 1.29 is 18.8 Å². The minimum Gasteiger partial charge on any atom is -0.457 e. The standard InChI is InChI=1S/C14H9ClFNO4/c1-8(18)11-6-9(3-5-14(11)17(19)20)21-10-2-4-13(16)12(15)7-10/h2-7H,1H3. The van der Waals surface area contributed by atoms with Crippen LogP contribution in [0.5, 0.6) is 11.5 Å². The van der Waals surface area contributed by atoms with E-state index >= 15 is 0 Å². The smallest absolute Gasteiger partial charge is 0.280 e. The zero-order valence-corrected chi connectivity index (χ0v) is 11.6. The van der Waals surface area contributed by atoms with Gasteiger partial charge >= 0.3 is 0 Å². The van der Waals surface area contributed by atoms with Gasteiger partial charge in [0.1, 0.15) is 17.3 Å². The van der Waals surface area contributed by atoms with Crippen LogP contribution in [0.25, 0.3) is 0 Å². The highest BCUT2D eigenvalue weighted by atomic mass is 35.5. The van der Waals surface area contributed by atoms with E-state index in [1.54, 1.807) is 0 Å². The van der Waals surface area contributed by atoms with Crippen LogP contribution in [0.4, 0.5) is 10.1 Å². The molecule has 2 rings (SSSR count). The molecule has 0 aromatic heterocycles. The van der Waals surface area contributed by atoms with E-state index in [2.05, 4.69) is 0 Å². The number of hydrogen-bond donors (Lipinski definition) is 0. The molecule has 2 aromatic carbocycles. The maximum absolute atomic E-state index is 13.0. The molecule has 0 aliphatic rings. The Kier molecular flexibility index (Phi) is 4.18. The largest absolute Gasteiger partial charge is 0.457 e. The van der Waals surface area contributed by atoms with Crippen molar-refractivity contribution in [1.82, 2.24) is 0 Å². The van der Waals surface area contributed by atoms with Crippen molar-refractivity contribution in [2.45, 2.75) is 6.92 Å². The summed E-state index contributed by atoms with van der Waals surface area (Å²) in [5.74, 6) is -0.570. The van der Waals surface area contributed by atoms with Crippen molar-refractivity contribution in [3.8, 4) is 11.5 Å². The van der Waals surface area contributed by atoms with Gasteiger partial charge in [0.25, 0.3) is 5.69 Å². The number of carbonyl (C=O) groups excluding carboxylic acids is 1. The first-order valence-electron chi connectivity index (χ1n) is 5.81. The van der Waals surface area contributed by atoms with Crippen LogP contribution in [0.3, 0.4) is 0 Å². The normalized spacial score (nSPS) is 10.2. The number of rotatable bonds is 4. The second-order valence-corrected chi connectivity index (χ2v) is 4.58. The monoisotopic (exact) mass is 309 g/mol. The fourth-order valence-corrected chi connectivity index (χ4v) is 1.87. The predicted molar refractivity (Wildman–Crippen MR) is 74.6 cm³/mol. The quantitative estimate of drug-likeness (QED) is 0.477. The Morgan fingerprint density at radius 2 is 1.86 bits per heavy atom. The van der Waals surface area contributed by atoms with Gasteiger partial charge in [0.15, 0.2) is 5.78 Å². The minimum atomic E-state index is -0.644. The van der Waals surface area contributed by atoms with Crippen LogP contribution in [0.2, 0.25) is 5.02 Å². The molecule has 0 aliphatic carbocycles.